The van der Waals surface area contributed by atoms with Gasteiger partial charge >= 0.3 is 0 Å². The number of rotatable bonds is 3. The van der Waals surface area contributed by atoms with Gasteiger partial charge in [0, 0.05) is 6.54 Å². The Balaban J connectivity index is 1.89. The Morgan fingerprint density at radius 1 is 1.33 bits per heavy atom. The maximum Gasteiger partial charge on any atom is 0.271 e. The lowest BCUT2D eigenvalue weighted by Crippen LogP contribution is -2.37. The fourth-order valence-electron chi connectivity index (χ4n) is 2.40. The molecule has 1 aliphatic rings. The highest BCUT2D eigenvalue weighted by molar-refractivity contribution is 6.29. The molecule has 0 aliphatic heterocycles. The van der Waals surface area contributed by atoms with E-state index in [0.29, 0.717) is 17.4 Å². The van der Waals surface area contributed by atoms with Gasteiger partial charge in [-0.3, -0.25) is 4.79 Å². The average Bonchev–Trinajstić information content (AvgIpc) is 2.38. The second kappa shape index (κ2) is 5.65. The molecule has 0 spiro atoms. The van der Waals surface area contributed by atoms with Gasteiger partial charge in [-0.25, -0.2) is 9.97 Å². The number of amides is 1. The van der Waals surface area contributed by atoms with Crippen molar-refractivity contribution >= 4 is 17.5 Å². The van der Waals surface area contributed by atoms with E-state index >= 15 is 0 Å². The molecule has 1 amide bonds. The summed E-state index contributed by atoms with van der Waals surface area (Å²) >= 11 is 5.63. The molecule has 18 heavy (non-hydrogen) atoms. The molecule has 0 unspecified atom stereocenters. The number of nitrogens with zero attached hydrogens (tertiary/aromatic N) is 2. The molecule has 1 heterocycles. The van der Waals surface area contributed by atoms with Gasteiger partial charge in [0.25, 0.3) is 5.91 Å². The number of aromatic nitrogens is 2. The molecule has 98 valence electrons. The number of halogens is 1. The van der Waals surface area contributed by atoms with E-state index in [1.807, 2.05) is 0 Å². The molecular formula is C13H18ClN3O. The highest BCUT2D eigenvalue weighted by atomic mass is 35.5. The van der Waals surface area contributed by atoms with Gasteiger partial charge in [0.05, 0.1) is 12.4 Å². The summed E-state index contributed by atoms with van der Waals surface area (Å²) in [6, 6.07) is 0. The standard InChI is InChI=1S/C13H18ClN3O/c1-13(5-3-2-4-6-13)9-17-12(18)10-7-16-11(14)8-15-10/h7-8H,2-6,9H2,1H3,(H,17,18). The monoisotopic (exact) mass is 267 g/mol. The summed E-state index contributed by atoms with van der Waals surface area (Å²) in [7, 11) is 0. The highest BCUT2D eigenvalue weighted by Gasteiger charge is 2.27. The molecule has 1 aromatic rings. The summed E-state index contributed by atoms with van der Waals surface area (Å²) in [4.78, 5) is 19.7. The molecule has 1 N–H and O–H groups in total. The molecule has 0 atom stereocenters. The maximum atomic E-state index is 11.9. The first-order valence-electron chi connectivity index (χ1n) is 6.35. The number of hydrogen-bond acceptors (Lipinski definition) is 3. The van der Waals surface area contributed by atoms with Crippen LogP contribution in [0.25, 0.3) is 0 Å². The van der Waals surface area contributed by atoms with Crippen LogP contribution in [0.15, 0.2) is 12.4 Å². The Bertz CT molecular complexity index is 413. The van der Waals surface area contributed by atoms with E-state index in [1.165, 1.54) is 44.5 Å². The first-order chi connectivity index (χ1) is 8.59. The average molecular weight is 268 g/mol. The fourth-order valence-corrected chi connectivity index (χ4v) is 2.49. The van der Waals surface area contributed by atoms with Crippen molar-refractivity contribution in [2.45, 2.75) is 39.0 Å². The minimum absolute atomic E-state index is 0.175. The molecule has 0 radical (unpaired) electrons. The number of carbonyl (C=O) groups is 1. The van der Waals surface area contributed by atoms with Crippen molar-refractivity contribution in [1.29, 1.82) is 0 Å². The lowest BCUT2D eigenvalue weighted by Gasteiger charge is -2.33. The van der Waals surface area contributed by atoms with Gasteiger partial charge in [0.2, 0.25) is 0 Å². The molecule has 2 rings (SSSR count). The Morgan fingerprint density at radius 2 is 2.06 bits per heavy atom. The summed E-state index contributed by atoms with van der Waals surface area (Å²) in [5, 5.41) is 3.24. The second-order valence-electron chi connectivity index (χ2n) is 5.28. The van der Waals surface area contributed by atoms with Crippen LogP contribution in [0.4, 0.5) is 0 Å². The number of hydrogen-bond donors (Lipinski definition) is 1. The highest BCUT2D eigenvalue weighted by Crippen LogP contribution is 2.34. The zero-order chi connectivity index (χ0) is 13.0. The summed E-state index contributed by atoms with van der Waals surface area (Å²) in [6.45, 7) is 2.94. The third-order valence-corrected chi connectivity index (χ3v) is 3.78. The van der Waals surface area contributed by atoms with Crippen LogP contribution in [-0.2, 0) is 0 Å². The Hall–Kier alpha value is -1.16. The topological polar surface area (TPSA) is 54.9 Å². The van der Waals surface area contributed by atoms with Crippen LogP contribution in [0.5, 0.6) is 0 Å². The van der Waals surface area contributed by atoms with E-state index in [4.69, 9.17) is 11.6 Å². The van der Waals surface area contributed by atoms with E-state index in [-0.39, 0.29) is 11.3 Å². The quantitative estimate of drug-likeness (QED) is 0.916. The van der Waals surface area contributed by atoms with Crippen molar-refractivity contribution in [3.05, 3.63) is 23.2 Å². The van der Waals surface area contributed by atoms with Crippen molar-refractivity contribution in [3.63, 3.8) is 0 Å². The largest absolute Gasteiger partial charge is 0.350 e. The first-order valence-corrected chi connectivity index (χ1v) is 6.73. The summed E-state index contributed by atoms with van der Waals surface area (Å²) < 4.78 is 0. The zero-order valence-electron chi connectivity index (χ0n) is 10.6. The van der Waals surface area contributed by atoms with E-state index in [0.717, 1.165) is 0 Å². The first kappa shape index (κ1) is 13.3. The lowest BCUT2D eigenvalue weighted by atomic mass is 9.76. The molecule has 1 aromatic heterocycles. The lowest BCUT2D eigenvalue weighted by molar-refractivity contribution is 0.0914. The summed E-state index contributed by atoms with van der Waals surface area (Å²) in [6.07, 6.45) is 8.98. The minimum atomic E-state index is -0.175. The Morgan fingerprint density at radius 3 is 2.67 bits per heavy atom. The van der Waals surface area contributed by atoms with E-state index < -0.39 is 0 Å². The molecule has 0 aromatic carbocycles. The molecule has 1 saturated carbocycles. The van der Waals surface area contributed by atoms with Gasteiger partial charge in [0.1, 0.15) is 10.8 Å². The van der Waals surface area contributed by atoms with E-state index in [2.05, 4.69) is 22.2 Å². The molecule has 5 heteroatoms. The van der Waals surface area contributed by atoms with Crippen LogP contribution in [0, 0.1) is 5.41 Å². The van der Waals surface area contributed by atoms with E-state index in [9.17, 15) is 4.79 Å². The third kappa shape index (κ3) is 3.42. The van der Waals surface area contributed by atoms with Crippen molar-refractivity contribution in [2.75, 3.05) is 6.54 Å². The predicted octanol–water partition coefficient (Wildman–Crippen LogP) is 2.83. The maximum absolute atomic E-state index is 11.9. The van der Waals surface area contributed by atoms with Crippen LogP contribution < -0.4 is 5.32 Å². The Kier molecular flexibility index (Phi) is 4.17. The molecule has 1 aliphatic carbocycles. The van der Waals surface area contributed by atoms with Crippen molar-refractivity contribution in [3.8, 4) is 0 Å². The smallest absolute Gasteiger partial charge is 0.271 e. The van der Waals surface area contributed by atoms with Crippen molar-refractivity contribution in [2.24, 2.45) is 5.41 Å². The number of nitrogens with one attached hydrogen (secondary N) is 1. The van der Waals surface area contributed by atoms with Gasteiger partial charge in [-0.15, -0.1) is 0 Å². The van der Waals surface area contributed by atoms with Crippen LogP contribution >= 0.6 is 11.6 Å². The van der Waals surface area contributed by atoms with Gasteiger partial charge < -0.3 is 5.32 Å². The second-order valence-corrected chi connectivity index (χ2v) is 5.67. The molecule has 0 bridgehead atoms. The molecule has 1 fully saturated rings. The predicted molar refractivity (Wildman–Crippen MR) is 70.6 cm³/mol. The molecule has 0 saturated heterocycles. The minimum Gasteiger partial charge on any atom is -0.350 e. The molecular weight excluding hydrogens is 250 g/mol. The van der Waals surface area contributed by atoms with Gasteiger partial charge in [0.15, 0.2) is 0 Å². The van der Waals surface area contributed by atoms with Crippen LogP contribution in [0.1, 0.15) is 49.5 Å². The van der Waals surface area contributed by atoms with Gasteiger partial charge in [-0.1, -0.05) is 37.8 Å². The van der Waals surface area contributed by atoms with E-state index in [1.54, 1.807) is 0 Å². The normalized spacial score (nSPS) is 18.3. The number of carbonyl (C=O) groups excluding carboxylic acids is 1. The molecule has 4 nitrogen and oxygen atoms in total. The van der Waals surface area contributed by atoms with Crippen molar-refractivity contribution in [1.82, 2.24) is 15.3 Å². The fraction of sp³-hybridized carbons (Fsp3) is 0.615. The van der Waals surface area contributed by atoms with Crippen LogP contribution in [0.3, 0.4) is 0 Å². The summed E-state index contributed by atoms with van der Waals surface area (Å²) in [5.74, 6) is -0.175. The van der Waals surface area contributed by atoms with Gasteiger partial charge in [-0.05, 0) is 18.3 Å². The van der Waals surface area contributed by atoms with Crippen molar-refractivity contribution < 1.29 is 4.79 Å². The van der Waals surface area contributed by atoms with Crippen LogP contribution in [-0.4, -0.2) is 22.4 Å². The SMILES string of the molecule is CC1(CNC(=O)c2cnc(Cl)cn2)CCCCC1. The van der Waals surface area contributed by atoms with Crippen LogP contribution in [0.2, 0.25) is 5.15 Å². The Labute approximate surface area is 112 Å². The zero-order valence-corrected chi connectivity index (χ0v) is 11.3. The van der Waals surface area contributed by atoms with Gasteiger partial charge in [-0.2, -0.15) is 0 Å². The third-order valence-electron chi connectivity index (χ3n) is 3.59. The summed E-state index contributed by atoms with van der Waals surface area (Å²) in [5.41, 5.74) is 0.548.